The quantitative estimate of drug-likeness (QED) is 0.473. The molecule has 0 bridgehead atoms. The first-order chi connectivity index (χ1) is 10.3. The Kier molecular flexibility index (Phi) is 6.12. The molecule has 8 heteroatoms. The van der Waals surface area contributed by atoms with Gasteiger partial charge in [-0.05, 0) is 13.0 Å². The van der Waals surface area contributed by atoms with Gasteiger partial charge in [0.15, 0.2) is 5.82 Å². The molecule has 2 rings (SSSR count). The second-order valence-electron chi connectivity index (χ2n) is 5.01. The van der Waals surface area contributed by atoms with Gasteiger partial charge in [-0.3, -0.25) is 4.90 Å². The highest BCUT2D eigenvalue weighted by atomic mass is 16.5. The molecule has 0 radical (unpaired) electrons. The number of rotatable bonds is 6. The number of ether oxygens (including phenoxy) is 1. The Morgan fingerprint density at radius 3 is 2.90 bits per heavy atom. The molecule has 1 aliphatic rings. The first-order valence-electron chi connectivity index (χ1n) is 7.18. The third-order valence-electron chi connectivity index (χ3n) is 3.51. The fourth-order valence-corrected chi connectivity index (χ4v) is 2.48. The van der Waals surface area contributed by atoms with Crippen LogP contribution in [0.2, 0.25) is 0 Å². The van der Waals surface area contributed by atoms with Gasteiger partial charge in [0.05, 0.1) is 6.61 Å². The van der Waals surface area contributed by atoms with Crippen molar-refractivity contribution in [3.63, 3.8) is 0 Å². The summed E-state index contributed by atoms with van der Waals surface area (Å²) in [5, 5.41) is 9.05. The molecule has 0 spiro atoms. The minimum Gasteiger partial charge on any atom is -0.395 e. The Balaban J connectivity index is 2.11. The number of nitrogen functional groups attached to an aromatic ring is 1. The largest absolute Gasteiger partial charge is 0.395 e. The maximum atomic E-state index is 9.05. The van der Waals surface area contributed by atoms with Gasteiger partial charge in [0.25, 0.3) is 0 Å². The van der Waals surface area contributed by atoms with Gasteiger partial charge in [0.2, 0.25) is 0 Å². The van der Waals surface area contributed by atoms with E-state index in [1.807, 2.05) is 6.07 Å². The Morgan fingerprint density at radius 1 is 1.33 bits per heavy atom. The first kappa shape index (κ1) is 15.9. The smallest absolute Gasteiger partial charge is 0.158 e. The summed E-state index contributed by atoms with van der Waals surface area (Å²) in [4.78, 5) is 13.3. The van der Waals surface area contributed by atoms with Gasteiger partial charge in [-0.2, -0.15) is 0 Å². The topological polar surface area (TPSA) is 99.8 Å². The van der Waals surface area contributed by atoms with Crippen molar-refractivity contribution in [2.24, 2.45) is 5.84 Å². The van der Waals surface area contributed by atoms with Crippen LogP contribution in [0.25, 0.3) is 0 Å². The summed E-state index contributed by atoms with van der Waals surface area (Å²) in [6.45, 7) is 4.98. The number of anilines is 2. The van der Waals surface area contributed by atoms with Crippen LogP contribution in [-0.4, -0.2) is 66.4 Å². The summed E-state index contributed by atoms with van der Waals surface area (Å²) in [5.41, 5.74) is 2.57. The maximum absolute atomic E-state index is 9.05. The molecule has 0 saturated carbocycles. The monoisotopic (exact) mass is 296 g/mol. The normalized spacial score (nSPS) is 16.8. The number of nitrogens with one attached hydrogen (secondary N) is 1. The van der Waals surface area contributed by atoms with Crippen LogP contribution in [0.1, 0.15) is 12.2 Å². The van der Waals surface area contributed by atoms with Crippen molar-refractivity contribution in [2.45, 2.75) is 13.0 Å². The van der Waals surface area contributed by atoms with E-state index in [0.717, 1.165) is 45.0 Å². The number of aromatic nitrogens is 2. The van der Waals surface area contributed by atoms with Crippen LogP contribution >= 0.6 is 0 Å². The van der Waals surface area contributed by atoms with Gasteiger partial charge < -0.3 is 20.2 Å². The minimum atomic E-state index is 0.201. The molecule has 2 heterocycles. The van der Waals surface area contributed by atoms with Gasteiger partial charge in [0.1, 0.15) is 18.2 Å². The van der Waals surface area contributed by atoms with Crippen molar-refractivity contribution in [1.29, 1.82) is 0 Å². The molecule has 4 N–H and O–H groups in total. The summed E-state index contributed by atoms with van der Waals surface area (Å²) in [6.07, 6.45) is 1.04. The van der Waals surface area contributed by atoms with Gasteiger partial charge in [0, 0.05) is 39.4 Å². The number of β-amino-alcohol motifs (C(OH)–C–C–N with tert-alkyl or cyclic N) is 1. The van der Waals surface area contributed by atoms with Gasteiger partial charge in [-0.15, -0.1) is 0 Å². The van der Waals surface area contributed by atoms with Crippen LogP contribution in [0, 0.1) is 0 Å². The van der Waals surface area contributed by atoms with E-state index in [4.69, 9.17) is 15.7 Å². The lowest BCUT2D eigenvalue weighted by Crippen LogP contribution is -2.33. The number of hydrogen-bond acceptors (Lipinski definition) is 8. The molecule has 1 fully saturated rings. The van der Waals surface area contributed by atoms with E-state index in [1.165, 1.54) is 0 Å². The van der Waals surface area contributed by atoms with Crippen LogP contribution in [0.5, 0.6) is 0 Å². The predicted octanol–water partition coefficient (Wildman–Crippen LogP) is -0.587. The van der Waals surface area contributed by atoms with Crippen LogP contribution in [0.3, 0.4) is 0 Å². The highest BCUT2D eigenvalue weighted by Gasteiger charge is 2.17. The second-order valence-corrected chi connectivity index (χ2v) is 5.01. The first-order valence-corrected chi connectivity index (χ1v) is 7.18. The Labute approximate surface area is 124 Å². The van der Waals surface area contributed by atoms with E-state index in [-0.39, 0.29) is 6.61 Å². The predicted molar refractivity (Wildman–Crippen MR) is 80.9 cm³/mol. The number of aliphatic hydroxyl groups excluding tert-OH is 1. The fraction of sp³-hybridized carbons (Fsp3) is 0.692. The molecule has 1 aliphatic heterocycles. The number of methoxy groups -OCH3 is 1. The zero-order valence-electron chi connectivity index (χ0n) is 12.5. The number of nitrogens with zero attached hydrogens (tertiary/aromatic N) is 4. The molecular weight excluding hydrogens is 272 g/mol. The van der Waals surface area contributed by atoms with E-state index in [1.54, 1.807) is 7.11 Å². The molecule has 0 atom stereocenters. The number of aliphatic hydroxyl groups is 1. The zero-order valence-corrected chi connectivity index (χ0v) is 12.5. The van der Waals surface area contributed by atoms with Crippen LogP contribution < -0.4 is 16.2 Å². The summed E-state index contributed by atoms with van der Waals surface area (Å²) in [6, 6.07) is 1.85. The van der Waals surface area contributed by atoms with Crippen LogP contribution in [-0.2, 0) is 11.3 Å². The standard InChI is InChI=1S/C13H24N6O2/c1-21-10-12-15-11(17-14)9-13(16-12)19-4-2-3-18(5-6-19)7-8-20/h9,20H,2-8,10,14H2,1H3,(H,15,16,17). The van der Waals surface area contributed by atoms with Gasteiger partial charge in [-0.25, -0.2) is 15.8 Å². The number of hydrazine groups is 1. The van der Waals surface area contributed by atoms with Crippen molar-refractivity contribution in [3.05, 3.63) is 11.9 Å². The highest BCUT2D eigenvalue weighted by molar-refractivity contribution is 5.49. The SMILES string of the molecule is COCc1nc(NN)cc(N2CCCN(CCO)CC2)n1. The molecule has 0 unspecified atom stereocenters. The summed E-state index contributed by atoms with van der Waals surface area (Å²) in [7, 11) is 1.62. The van der Waals surface area contributed by atoms with Crippen molar-refractivity contribution >= 4 is 11.6 Å². The molecule has 21 heavy (non-hydrogen) atoms. The number of nitrogens with two attached hydrogens (primary N) is 1. The molecule has 1 saturated heterocycles. The van der Waals surface area contributed by atoms with Gasteiger partial charge in [-0.1, -0.05) is 0 Å². The summed E-state index contributed by atoms with van der Waals surface area (Å²) < 4.78 is 5.10. The lowest BCUT2D eigenvalue weighted by atomic mass is 10.3. The highest BCUT2D eigenvalue weighted by Crippen LogP contribution is 2.18. The average molecular weight is 296 g/mol. The average Bonchev–Trinajstić information content (AvgIpc) is 2.73. The van der Waals surface area contributed by atoms with E-state index in [0.29, 0.717) is 18.2 Å². The van der Waals surface area contributed by atoms with E-state index >= 15 is 0 Å². The van der Waals surface area contributed by atoms with E-state index in [9.17, 15) is 0 Å². The number of hydrogen-bond donors (Lipinski definition) is 3. The second kappa shape index (κ2) is 8.08. The van der Waals surface area contributed by atoms with Crippen LogP contribution in [0.4, 0.5) is 11.6 Å². The lowest BCUT2D eigenvalue weighted by Gasteiger charge is -2.23. The Hall–Kier alpha value is -1.48. The third kappa shape index (κ3) is 4.50. The molecule has 0 aliphatic carbocycles. The molecule has 118 valence electrons. The summed E-state index contributed by atoms with van der Waals surface area (Å²) >= 11 is 0. The summed E-state index contributed by atoms with van der Waals surface area (Å²) in [5.74, 6) is 7.52. The third-order valence-corrected chi connectivity index (χ3v) is 3.51. The Morgan fingerprint density at radius 2 is 2.19 bits per heavy atom. The Bertz CT molecular complexity index is 445. The lowest BCUT2D eigenvalue weighted by molar-refractivity contribution is 0.178. The zero-order chi connectivity index (χ0) is 15.1. The molecule has 0 aromatic carbocycles. The maximum Gasteiger partial charge on any atom is 0.158 e. The molecule has 8 nitrogen and oxygen atoms in total. The van der Waals surface area contributed by atoms with Crippen LogP contribution in [0.15, 0.2) is 6.07 Å². The van der Waals surface area contributed by atoms with E-state index < -0.39 is 0 Å². The van der Waals surface area contributed by atoms with Crippen molar-refractivity contribution < 1.29 is 9.84 Å². The van der Waals surface area contributed by atoms with E-state index in [2.05, 4.69) is 25.2 Å². The van der Waals surface area contributed by atoms with Crippen molar-refractivity contribution in [1.82, 2.24) is 14.9 Å². The minimum absolute atomic E-state index is 0.201. The van der Waals surface area contributed by atoms with Crippen molar-refractivity contribution in [3.8, 4) is 0 Å². The molecule has 0 amide bonds. The van der Waals surface area contributed by atoms with Crippen molar-refractivity contribution in [2.75, 3.05) is 56.8 Å². The molecule has 1 aromatic rings. The fourth-order valence-electron chi connectivity index (χ4n) is 2.48. The molecule has 1 aromatic heterocycles. The van der Waals surface area contributed by atoms with Gasteiger partial charge >= 0.3 is 0 Å². The molecular formula is C13H24N6O2.